The number of aromatic nitrogens is 4. The van der Waals surface area contributed by atoms with Crippen molar-refractivity contribution in [2.75, 3.05) is 26.2 Å². The first-order valence-corrected chi connectivity index (χ1v) is 7.71. The number of hydrogen-bond donors (Lipinski definition) is 0. The minimum Gasteiger partial charge on any atom is -0.378 e. The van der Waals surface area contributed by atoms with Crippen LogP contribution in [0.1, 0.15) is 17.9 Å². The third-order valence-corrected chi connectivity index (χ3v) is 4.42. The highest BCUT2D eigenvalue weighted by Crippen LogP contribution is 2.28. The van der Waals surface area contributed by atoms with Crippen molar-refractivity contribution in [3.05, 3.63) is 11.5 Å². The number of halogens is 1. The second kappa shape index (κ2) is 5.59. The minimum absolute atomic E-state index is 0.285. The van der Waals surface area contributed by atoms with Gasteiger partial charge in [0.25, 0.3) is 0 Å². The van der Waals surface area contributed by atoms with Crippen LogP contribution in [0.3, 0.4) is 0 Å². The van der Waals surface area contributed by atoms with Gasteiger partial charge in [0, 0.05) is 39.5 Å². The molecule has 1 fully saturated rings. The first kappa shape index (κ1) is 14.8. The van der Waals surface area contributed by atoms with Crippen molar-refractivity contribution in [3.63, 3.8) is 0 Å². The van der Waals surface area contributed by atoms with Crippen LogP contribution in [0.2, 0.25) is 0 Å². The molecule has 7 heteroatoms. The maximum absolute atomic E-state index is 5.94. The Labute approximate surface area is 129 Å². The smallest absolute Gasteiger partial charge is 0.158 e. The Kier molecular flexibility index (Phi) is 3.94. The van der Waals surface area contributed by atoms with E-state index in [2.05, 4.69) is 9.67 Å². The highest BCUT2D eigenvalue weighted by atomic mass is 35.5. The Morgan fingerprint density at radius 3 is 2.90 bits per heavy atom. The molecule has 1 atom stereocenters. The maximum Gasteiger partial charge on any atom is 0.158 e. The Bertz CT molecular complexity index is 643. The van der Waals surface area contributed by atoms with Gasteiger partial charge < -0.3 is 14.0 Å². The Balaban J connectivity index is 2.08. The number of rotatable bonds is 5. The molecule has 0 radical (unpaired) electrons. The Morgan fingerprint density at radius 1 is 1.48 bits per heavy atom. The largest absolute Gasteiger partial charge is 0.378 e. The maximum atomic E-state index is 5.94. The van der Waals surface area contributed by atoms with E-state index >= 15 is 0 Å². The highest BCUT2D eigenvalue weighted by Gasteiger charge is 2.37. The zero-order valence-corrected chi connectivity index (χ0v) is 13.5. The van der Waals surface area contributed by atoms with E-state index in [9.17, 15) is 0 Å². The zero-order chi connectivity index (χ0) is 15.0. The van der Waals surface area contributed by atoms with Crippen molar-refractivity contribution in [1.82, 2.24) is 19.3 Å². The standard InChI is InChI=1S/C14H21ClN4O2/c1-10-12-13(18(2)17-10)19(11(16-12)4-6-15)8-14(20-3)5-7-21-9-14/h4-9H2,1-3H3. The summed E-state index contributed by atoms with van der Waals surface area (Å²) in [6.07, 6.45) is 1.62. The molecule has 1 unspecified atom stereocenters. The SMILES string of the molecule is COC1(Cn2c(CCCl)nc3c(C)nn(C)c32)CCOC1. The molecule has 1 aliphatic rings. The van der Waals surface area contributed by atoms with E-state index < -0.39 is 0 Å². The molecule has 0 bridgehead atoms. The van der Waals surface area contributed by atoms with Crippen molar-refractivity contribution in [2.45, 2.75) is 31.9 Å². The van der Waals surface area contributed by atoms with Crippen LogP contribution in [0.4, 0.5) is 0 Å². The van der Waals surface area contributed by atoms with E-state index in [1.165, 1.54) is 0 Å². The minimum atomic E-state index is -0.285. The van der Waals surface area contributed by atoms with Crippen molar-refractivity contribution < 1.29 is 9.47 Å². The molecule has 0 spiro atoms. The summed E-state index contributed by atoms with van der Waals surface area (Å²) in [6.45, 7) is 4.04. The molecular weight excluding hydrogens is 292 g/mol. The molecule has 2 aromatic rings. The molecule has 0 saturated carbocycles. The van der Waals surface area contributed by atoms with Crippen LogP contribution in [0.25, 0.3) is 11.2 Å². The Hall–Kier alpha value is -1.11. The molecule has 1 aliphatic heterocycles. The summed E-state index contributed by atoms with van der Waals surface area (Å²) in [5.41, 5.74) is 2.63. The van der Waals surface area contributed by atoms with Gasteiger partial charge in [-0.15, -0.1) is 11.6 Å². The van der Waals surface area contributed by atoms with Crippen LogP contribution in [0.15, 0.2) is 0 Å². The normalized spacial score (nSPS) is 22.5. The summed E-state index contributed by atoms with van der Waals surface area (Å²) < 4.78 is 15.4. The quantitative estimate of drug-likeness (QED) is 0.788. The van der Waals surface area contributed by atoms with Gasteiger partial charge in [-0.25, -0.2) is 4.98 Å². The summed E-state index contributed by atoms with van der Waals surface area (Å²) in [5.74, 6) is 1.53. The predicted molar refractivity (Wildman–Crippen MR) is 80.8 cm³/mol. The van der Waals surface area contributed by atoms with E-state index in [1.807, 2.05) is 18.7 Å². The third kappa shape index (κ3) is 2.45. The summed E-state index contributed by atoms with van der Waals surface area (Å²) in [6, 6.07) is 0. The summed E-state index contributed by atoms with van der Waals surface area (Å²) in [4.78, 5) is 4.73. The van der Waals surface area contributed by atoms with Crippen LogP contribution >= 0.6 is 11.6 Å². The fraction of sp³-hybridized carbons (Fsp3) is 0.714. The first-order valence-electron chi connectivity index (χ1n) is 7.18. The van der Waals surface area contributed by atoms with Crippen molar-refractivity contribution in [2.24, 2.45) is 7.05 Å². The third-order valence-electron chi connectivity index (χ3n) is 4.23. The number of fused-ring (bicyclic) bond motifs is 1. The van der Waals surface area contributed by atoms with E-state index in [4.69, 9.17) is 26.1 Å². The molecule has 1 saturated heterocycles. The number of ether oxygens (including phenoxy) is 2. The van der Waals surface area contributed by atoms with Gasteiger partial charge in [0.15, 0.2) is 5.65 Å². The van der Waals surface area contributed by atoms with E-state index in [0.717, 1.165) is 42.1 Å². The van der Waals surface area contributed by atoms with Crippen molar-refractivity contribution >= 4 is 22.8 Å². The lowest BCUT2D eigenvalue weighted by Gasteiger charge is -2.27. The Morgan fingerprint density at radius 2 is 2.29 bits per heavy atom. The van der Waals surface area contributed by atoms with Crippen molar-refractivity contribution in [3.8, 4) is 0 Å². The van der Waals surface area contributed by atoms with Crippen LogP contribution in [0, 0.1) is 6.92 Å². The van der Waals surface area contributed by atoms with Gasteiger partial charge in [-0.3, -0.25) is 4.68 Å². The lowest BCUT2D eigenvalue weighted by Crippen LogP contribution is -2.37. The fourth-order valence-corrected chi connectivity index (χ4v) is 3.22. The van der Waals surface area contributed by atoms with Gasteiger partial charge >= 0.3 is 0 Å². The molecule has 3 rings (SSSR count). The first-order chi connectivity index (χ1) is 10.1. The van der Waals surface area contributed by atoms with Crippen LogP contribution in [-0.2, 0) is 29.5 Å². The number of aryl methyl sites for hydroxylation is 3. The summed E-state index contributed by atoms with van der Waals surface area (Å²) in [5, 5.41) is 4.46. The van der Waals surface area contributed by atoms with Gasteiger partial charge in [-0.2, -0.15) is 5.10 Å². The lowest BCUT2D eigenvalue weighted by atomic mass is 10.0. The van der Waals surface area contributed by atoms with Crippen LogP contribution in [0.5, 0.6) is 0 Å². The molecular formula is C14H21ClN4O2. The lowest BCUT2D eigenvalue weighted by molar-refractivity contribution is -0.0293. The molecule has 0 aliphatic carbocycles. The molecule has 3 heterocycles. The van der Waals surface area contributed by atoms with Crippen molar-refractivity contribution in [1.29, 1.82) is 0 Å². The van der Waals surface area contributed by atoms with E-state index in [-0.39, 0.29) is 5.60 Å². The van der Waals surface area contributed by atoms with Gasteiger partial charge in [0.05, 0.1) is 18.8 Å². The topological polar surface area (TPSA) is 54.1 Å². The number of hydrogen-bond acceptors (Lipinski definition) is 4. The highest BCUT2D eigenvalue weighted by molar-refractivity contribution is 6.17. The number of alkyl halides is 1. The molecule has 0 aromatic carbocycles. The van der Waals surface area contributed by atoms with Gasteiger partial charge in [-0.05, 0) is 6.92 Å². The van der Waals surface area contributed by atoms with Gasteiger partial charge in [0.1, 0.15) is 16.9 Å². The summed E-state index contributed by atoms with van der Waals surface area (Å²) >= 11 is 5.94. The monoisotopic (exact) mass is 312 g/mol. The second-order valence-corrected chi connectivity index (χ2v) is 6.00. The predicted octanol–water partition coefficient (Wildman–Crippen LogP) is 1.67. The van der Waals surface area contributed by atoms with E-state index in [0.29, 0.717) is 19.0 Å². The fourth-order valence-electron chi connectivity index (χ4n) is 3.05. The molecule has 0 amide bonds. The molecule has 2 aromatic heterocycles. The van der Waals surface area contributed by atoms with Gasteiger partial charge in [-0.1, -0.05) is 0 Å². The average molecular weight is 313 g/mol. The van der Waals surface area contributed by atoms with Crippen LogP contribution < -0.4 is 0 Å². The van der Waals surface area contributed by atoms with E-state index in [1.54, 1.807) is 7.11 Å². The van der Waals surface area contributed by atoms with Crippen LogP contribution in [-0.4, -0.2) is 51.1 Å². The van der Waals surface area contributed by atoms with Gasteiger partial charge in [0.2, 0.25) is 0 Å². The number of imidazole rings is 1. The average Bonchev–Trinajstić information content (AvgIpc) is 3.12. The second-order valence-electron chi connectivity index (χ2n) is 5.62. The molecule has 21 heavy (non-hydrogen) atoms. The summed E-state index contributed by atoms with van der Waals surface area (Å²) in [7, 11) is 3.70. The molecule has 0 N–H and O–H groups in total. The number of methoxy groups -OCH3 is 1. The molecule has 6 nitrogen and oxygen atoms in total. The zero-order valence-electron chi connectivity index (χ0n) is 12.7. The number of nitrogens with zero attached hydrogens (tertiary/aromatic N) is 4. The molecule has 116 valence electrons.